The van der Waals surface area contributed by atoms with Crippen LogP contribution in [0.25, 0.3) is 6.08 Å². The Morgan fingerprint density at radius 1 is 1.38 bits per heavy atom. The van der Waals surface area contributed by atoms with Crippen LogP contribution in [0.5, 0.6) is 0 Å². The molecule has 0 aliphatic heterocycles. The van der Waals surface area contributed by atoms with Crippen molar-refractivity contribution in [3.63, 3.8) is 0 Å². The van der Waals surface area contributed by atoms with Crippen LogP contribution < -0.4 is 0 Å². The van der Waals surface area contributed by atoms with Crippen LogP contribution in [-0.2, 0) is 9.47 Å². The number of pyridine rings is 1. The molecule has 3 nitrogen and oxygen atoms in total. The Bertz CT molecular complexity index is 265. The highest BCUT2D eigenvalue weighted by molar-refractivity contribution is 5.44. The van der Waals surface area contributed by atoms with Crippen LogP contribution in [0.1, 0.15) is 17.5 Å². The molecule has 0 aromatic carbocycles. The van der Waals surface area contributed by atoms with Crippen molar-refractivity contribution in [3.05, 3.63) is 36.2 Å². The van der Waals surface area contributed by atoms with Crippen LogP contribution in [0, 0.1) is 0 Å². The van der Waals surface area contributed by atoms with Gasteiger partial charge in [-0.15, -0.1) is 0 Å². The highest BCUT2D eigenvalue weighted by Gasteiger charge is 2.08. The Kier molecular flexibility index (Phi) is 3.61. The second kappa shape index (κ2) is 4.74. The zero-order chi connectivity index (χ0) is 9.68. The predicted octanol–water partition coefficient (Wildman–Crippen LogP) is 2.02. The maximum atomic E-state index is 5.05. The first-order valence-electron chi connectivity index (χ1n) is 3.95. The van der Waals surface area contributed by atoms with Gasteiger partial charge in [0, 0.05) is 20.4 Å². The van der Waals surface area contributed by atoms with Gasteiger partial charge in [-0.3, -0.25) is 4.98 Å². The van der Waals surface area contributed by atoms with Gasteiger partial charge >= 0.3 is 0 Å². The van der Waals surface area contributed by atoms with E-state index in [-0.39, 0.29) is 6.29 Å². The smallest absolute Gasteiger partial charge is 0.200 e. The molecule has 0 atom stereocenters. The van der Waals surface area contributed by atoms with Gasteiger partial charge in [0.25, 0.3) is 0 Å². The summed E-state index contributed by atoms with van der Waals surface area (Å²) in [5.41, 5.74) is 1.74. The van der Waals surface area contributed by atoms with E-state index in [1.807, 2.05) is 12.1 Å². The summed E-state index contributed by atoms with van der Waals surface area (Å²) in [5, 5.41) is 0. The predicted molar refractivity (Wildman–Crippen MR) is 51.1 cm³/mol. The van der Waals surface area contributed by atoms with Crippen LogP contribution in [0.2, 0.25) is 0 Å². The number of hydrogen-bond acceptors (Lipinski definition) is 3. The summed E-state index contributed by atoms with van der Waals surface area (Å²) in [6.07, 6.45) is 3.08. The molecule has 0 spiro atoms. The van der Waals surface area contributed by atoms with E-state index in [9.17, 15) is 0 Å². The van der Waals surface area contributed by atoms with Gasteiger partial charge in [-0.25, -0.2) is 0 Å². The fourth-order valence-corrected chi connectivity index (χ4v) is 1.01. The van der Waals surface area contributed by atoms with E-state index < -0.39 is 0 Å². The molecule has 0 N–H and O–H groups in total. The van der Waals surface area contributed by atoms with Crippen LogP contribution in [-0.4, -0.2) is 19.2 Å². The topological polar surface area (TPSA) is 31.4 Å². The summed E-state index contributed by atoms with van der Waals surface area (Å²) in [6, 6.07) is 3.77. The molecule has 1 aromatic rings. The van der Waals surface area contributed by atoms with E-state index in [4.69, 9.17) is 9.47 Å². The maximum Gasteiger partial charge on any atom is 0.200 e. The lowest BCUT2D eigenvalue weighted by atomic mass is 10.2. The van der Waals surface area contributed by atoms with Crippen molar-refractivity contribution in [2.45, 2.75) is 6.29 Å². The molecule has 0 aliphatic carbocycles. The van der Waals surface area contributed by atoms with Crippen molar-refractivity contribution in [2.24, 2.45) is 0 Å². The average molecular weight is 179 g/mol. The first kappa shape index (κ1) is 9.89. The number of hydrogen-bond donors (Lipinski definition) is 0. The number of rotatable bonds is 4. The quantitative estimate of drug-likeness (QED) is 0.662. The Morgan fingerprint density at radius 2 is 2.08 bits per heavy atom. The minimum atomic E-state index is -0.390. The van der Waals surface area contributed by atoms with Gasteiger partial charge in [-0.05, 0) is 11.6 Å². The van der Waals surface area contributed by atoms with E-state index in [0.29, 0.717) is 0 Å². The Balaban J connectivity index is 2.83. The molecule has 0 unspecified atom stereocenters. The van der Waals surface area contributed by atoms with E-state index in [2.05, 4.69) is 11.6 Å². The molecule has 0 aliphatic rings. The highest BCUT2D eigenvalue weighted by Crippen LogP contribution is 2.14. The standard InChI is InChI=1S/C10H13NO2/c1-4-8-5-6-9(11-7-8)10(12-2)13-3/h4-7,10H,1H2,2-3H3. The van der Waals surface area contributed by atoms with Crippen molar-refractivity contribution in [3.8, 4) is 0 Å². The van der Waals surface area contributed by atoms with Gasteiger partial charge in [-0.1, -0.05) is 18.7 Å². The Hall–Kier alpha value is -1.19. The molecule has 0 amide bonds. The molecule has 0 bridgehead atoms. The molecule has 0 radical (unpaired) electrons. The van der Waals surface area contributed by atoms with E-state index >= 15 is 0 Å². The van der Waals surface area contributed by atoms with Crippen molar-refractivity contribution < 1.29 is 9.47 Å². The summed E-state index contributed by atoms with van der Waals surface area (Å²) in [5.74, 6) is 0. The number of ether oxygens (including phenoxy) is 2. The first-order chi connectivity index (χ1) is 6.31. The van der Waals surface area contributed by atoms with Crippen LogP contribution >= 0.6 is 0 Å². The zero-order valence-electron chi connectivity index (χ0n) is 7.86. The summed E-state index contributed by atoms with van der Waals surface area (Å²) in [4.78, 5) is 4.17. The molecule has 13 heavy (non-hydrogen) atoms. The molecule has 0 saturated heterocycles. The lowest BCUT2D eigenvalue weighted by molar-refractivity contribution is -0.108. The highest BCUT2D eigenvalue weighted by atomic mass is 16.7. The van der Waals surface area contributed by atoms with Gasteiger partial charge in [-0.2, -0.15) is 0 Å². The molecule has 70 valence electrons. The third kappa shape index (κ3) is 2.37. The van der Waals surface area contributed by atoms with Crippen molar-refractivity contribution in [2.75, 3.05) is 14.2 Å². The van der Waals surface area contributed by atoms with E-state index in [0.717, 1.165) is 11.3 Å². The minimum Gasteiger partial charge on any atom is -0.350 e. The third-order valence-electron chi connectivity index (χ3n) is 1.71. The van der Waals surface area contributed by atoms with Gasteiger partial charge in [0.15, 0.2) is 0 Å². The number of aromatic nitrogens is 1. The third-order valence-corrected chi connectivity index (χ3v) is 1.71. The van der Waals surface area contributed by atoms with Gasteiger partial charge in [0.05, 0.1) is 5.69 Å². The molecule has 0 saturated carbocycles. The lowest BCUT2D eigenvalue weighted by Gasteiger charge is -2.12. The fraction of sp³-hybridized carbons (Fsp3) is 0.300. The van der Waals surface area contributed by atoms with Crippen molar-refractivity contribution in [1.29, 1.82) is 0 Å². The lowest BCUT2D eigenvalue weighted by Crippen LogP contribution is -2.05. The summed E-state index contributed by atoms with van der Waals surface area (Å²) in [6.45, 7) is 3.64. The molecule has 1 aromatic heterocycles. The SMILES string of the molecule is C=Cc1ccc(C(OC)OC)nc1. The Labute approximate surface area is 78.0 Å². The van der Waals surface area contributed by atoms with Crippen LogP contribution in [0.4, 0.5) is 0 Å². The molecule has 1 rings (SSSR count). The van der Waals surface area contributed by atoms with Crippen LogP contribution in [0.15, 0.2) is 24.9 Å². The molecular weight excluding hydrogens is 166 g/mol. The zero-order valence-corrected chi connectivity index (χ0v) is 7.86. The van der Waals surface area contributed by atoms with Crippen LogP contribution in [0.3, 0.4) is 0 Å². The fourth-order valence-electron chi connectivity index (χ4n) is 1.01. The molecule has 0 fully saturated rings. The summed E-state index contributed by atoms with van der Waals surface area (Å²) >= 11 is 0. The van der Waals surface area contributed by atoms with E-state index in [1.54, 1.807) is 26.5 Å². The summed E-state index contributed by atoms with van der Waals surface area (Å²) in [7, 11) is 3.16. The monoisotopic (exact) mass is 179 g/mol. The Morgan fingerprint density at radius 3 is 2.46 bits per heavy atom. The summed E-state index contributed by atoms with van der Waals surface area (Å²) < 4.78 is 10.1. The second-order valence-electron chi connectivity index (χ2n) is 2.52. The molecule has 1 heterocycles. The van der Waals surface area contributed by atoms with Crippen molar-refractivity contribution >= 4 is 6.08 Å². The normalized spacial score (nSPS) is 10.4. The largest absolute Gasteiger partial charge is 0.350 e. The molecule has 3 heteroatoms. The van der Waals surface area contributed by atoms with Gasteiger partial charge in [0.2, 0.25) is 6.29 Å². The average Bonchev–Trinajstić information content (AvgIpc) is 2.21. The first-order valence-corrected chi connectivity index (χ1v) is 3.95. The van der Waals surface area contributed by atoms with E-state index in [1.165, 1.54) is 0 Å². The maximum absolute atomic E-state index is 5.05. The number of methoxy groups -OCH3 is 2. The minimum absolute atomic E-state index is 0.390. The molecular formula is C10H13NO2. The van der Waals surface area contributed by atoms with Gasteiger partial charge < -0.3 is 9.47 Å². The van der Waals surface area contributed by atoms with Crippen molar-refractivity contribution in [1.82, 2.24) is 4.98 Å². The second-order valence-corrected chi connectivity index (χ2v) is 2.52. The number of nitrogens with zero attached hydrogens (tertiary/aromatic N) is 1. The van der Waals surface area contributed by atoms with Gasteiger partial charge in [0.1, 0.15) is 0 Å².